The van der Waals surface area contributed by atoms with Crippen LogP contribution in [0.1, 0.15) is 25.5 Å². The number of hydrogen-bond acceptors (Lipinski definition) is 9. The van der Waals surface area contributed by atoms with E-state index < -0.39 is 11.7 Å². The number of nitrogens with zero attached hydrogens (tertiary/aromatic N) is 5. The minimum atomic E-state index is -0.810. The Morgan fingerprint density at radius 3 is 2.56 bits per heavy atom. The number of benzene rings is 1. The first-order chi connectivity index (χ1) is 18.9. The second-order valence-corrected chi connectivity index (χ2v) is 10.2. The second kappa shape index (κ2) is 11.7. The molecule has 0 atom stereocenters. The quantitative estimate of drug-likeness (QED) is 0.369. The van der Waals surface area contributed by atoms with Crippen molar-refractivity contribution in [3.8, 4) is 22.6 Å². The fourth-order valence-electron chi connectivity index (χ4n) is 4.65. The predicted octanol–water partition coefficient (Wildman–Crippen LogP) is 2.29. The number of halogens is 1. The van der Waals surface area contributed by atoms with Crippen molar-refractivity contribution in [1.29, 1.82) is 0 Å². The Kier molecular flexibility index (Phi) is 8.17. The van der Waals surface area contributed by atoms with Gasteiger partial charge >= 0.3 is 0 Å². The molecule has 1 amide bonds. The van der Waals surface area contributed by atoms with Crippen LogP contribution in [0.2, 0.25) is 0 Å². The normalized spacial score (nSPS) is 22.2. The van der Waals surface area contributed by atoms with Crippen LogP contribution in [-0.2, 0) is 14.3 Å². The van der Waals surface area contributed by atoms with Crippen LogP contribution in [0.4, 0.5) is 10.3 Å². The summed E-state index contributed by atoms with van der Waals surface area (Å²) >= 11 is 0. The predicted molar refractivity (Wildman–Crippen MR) is 142 cm³/mol. The molecule has 0 radical (unpaired) electrons. The molecule has 2 saturated heterocycles. The summed E-state index contributed by atoms with van der Waals surface area (Å²) in [7, 11) is 2.05. The number of ether oxygens (including phenoxy) is 2. The van der Waals surface area contributed by atoms with Gasteiger partial charge < -0.3 is 34.7 Å². The molecular weight excluding hydrogens is 505 g/mol. The van der Waals surface area contributed by atoms with E-state index in [1.165, 1.54) is 12.1 Å². The van der Waals surface area contributed by atoms with Crippen LogP contribution in [0.3, 0.4) is 0 Å². The van der Waals surface area contributed by atoms with E-state index in [1.54, 1.807) is 24.4 Å². The summed E-state index contributed by atoms with van der Waals surface area (Å²) in [5, 5.41) is 12.1. The van der Waals surface area contributed by atoms with Gasteiger partial charge in [-0.3, -0.25) is 4.79 Å². The molecule has 0 saturated carbocycles. The number of hydrogen-bond donors (Lipinski definition) is 3. The third kappa shape index (κ3) is 6.09. The topological polar surface area (TPSA) is 129 Å². The average Bonchev–Trinajstić information content (AvgIpc) is 3.40. The van der Waals surface area contributed by atoms with Gasteiger partial charge in [0.05, 0.1) is 35.7 Å². The van der Waals surface area contributed by atoms with E-state index in [0.29, 0.717) is 60.5 Å². The molecule has 2 aliphatic heterocycles. The van der Waals surface area contributed by atoms with Gasteiger partial charge in [0.15, 0.2) is 5.82 Å². The number of aromatic amines is 1. The Morgan fingerprint density at radius 2 is 1.87 bits per heavy atom. The van der Waals surface area contributed by atoms with Gasteiger partial charge in [0, 0.05) is 51.1 Å². The first-order valence-electron chi connectivity index (χ1n) is 13.1. The highest BCUT2D eigenvalue weighted by Gasteiger charge is 2.43. The van der Waals surface area contributed by atoms with Crippen molar-refractivity contribution in [3.05, 3.63) is 48.2 Å². The number of carbonyl (C=O) groups excluding carboxylic acids is 1. The van der Waals surface area contributed by atoms with Gasteiger partial charge in [-0.1, -0.05) is 0 Å². The number of piperazine rings is 1. The third-order valence-corrected chi connectivity index (χ3v) is 7.01. The van der Waals surface area contributed by atoms with Crippen molar-refractivity contribution < 1.29 is 23.8 Å². The van der Waals surface area contributed by atoms with Crippen LogP contribution >= 0.6 is 0 Å². The van der Waals surface area contributed by atoms with E-state index in [4.69, 9.17) is 19.6 Å². The molecular formula is C27H34FN7O4. The standard InChI is InChI=1S/C27H34FN7O4/c1-27(25(37)35-13-11-34(2)12-14-35)16-38-24(39-17-27)23-32-21(18-4-6-19(28)7-5-18)22(33-23)20-8-10-30-26(31-20)29-9-3-15-36/h4-8,10,24,36H,3,9,11-17H2,1-2H3,(H,32,33)(H,29,30,31). The van der Waals surface area contributed by atoms with Crippen LogP contribution in [0.15, 0.2) is 36.5 Å². The Bertz CT molecular complexity index is 1270. The molecule has 2 aliphatic rings. The SMILES string of the molecule is CN1CCN(C(=O)C2(C)COC(c3nc(-c4ccc(F)cc4)c(-c4ccnc(NCCCO)n4)[nH]3)OC2)CC1. The molecule has 2 fully saturated rings. The summed E-state index contributed by atoms with van der Waals surface area (Å²) in [5.41, 5.74) is 1.62. The van der Waals surface area contributed by atoms with Crippen LogP contribution in [0, 0.1) is 11.2 Å². The molecule has 5 rings (SSSR count). The van der Waals surface area contributed by atoms with Gasteiger partial charge in [0.25, 0.3) is 0 Å². The second-order valence-electron chi connectivity index (χ2n) is 10.2. The number of anilines is 1. The summed E-state index contributed by atoms with van der Waals surface area (Å²) in [4.78, 5) is 34.2. The molecule has 4 heterocycles. The number of aliphatic hydroxyl groups excluding tert-OH is 1. The van der Waals surface area contributed by atoms with Crippen LogP contribution < -0.4 is 5.32 Å². The fraction of sp³-hybridized carbons (Fsp3) is 0.481. The largest absolute Gasteiger partial charge is 0.396 e. The first kappa shape index (κ1) is 27.1. The van der Waals surface area contributed by atoms with E-state index in [2.05, 4.69) is 32.2 Å². The van der Waals surface area contributed by atoms with Gasteiger partial charge in [-0.15, -0.1) is 0 Å². The highest BCUT2D eigenvalue weighted by atomic mass is 19.1. The zero-order chi connectivity index (χ0) is 27.4. The van der Waals surface area contributed by atoms with Crippen LogP contribution in [0.25, 0.3) is 22.6 Å². The molecule has 0 spiro atoms. The number of rotatable bonds is 8. The minimum absolute atomic E-state index is 0.0309. The van der Waals surface area contributed by atoms with E-state index in [1.807, 2.05) is 11.8 Å². The minimum Gasteiger partial charge on any atom is -0.396 e. The molecule has 0 aliphatic carbocycles. The molecule has 0 bridgehead atoms. The Balaban J connectivity index is 1.37. The maximum absolute atomic E-state index is 13.7. The van der Waals surface area contributed by atoms with Crippen LogP contribution in [0.5, 0.6) is 0 Å². The van der Waals surface area contributed by atoms with E-state index in [-0.39, 0.29) is 31.5 Å². The molecule has 3 aromatic rings. The third-order valence-electron chi connectivity index (χ3n) is 7.01. The number of carbonyl (C=O) groups is 1. The molecule has 208 valence electrons. The Morgan fingerprint density at radius 1 is 1.15 bits per heavy atom. The van der Waals surface area contributed by atoms with E-state index in [9.17, 15) is 9.18 Å². The Labute approximate surface area is 226 Å². The summed E-state index contributed by atoms with van der Waals surface area (Å²) in [6.07, 6.45) is 1.38. The van der Waals surface area contributed by atoms with E-state index in [0.717, 1.165) is 13.1 Å². The zero-order valence-corrected chi connectivity index (χ0v) is 22.2. The summed E-state index contributed by atoms with van der Waals surface area (Å²) < 4.78 is 25.8. The maximum Gasteiger partial charge on any atom is 0.233 e. The van der Waals surface area contributed by atoms with Gasteiger partial charge in [-0.05, 0) is 50.7 Å². The first-order valence-corrected chi connectivity index (χ1v) is 13.1. The number of aliphatic hydroxyl groups is 1. The number of H-pyrrole nitrogens is 1. The average molecular weight is 540 g/mol. The maximum atomic E-state index is 13.7. The van der Waals surface area contributed by atoms with Crippen molar-refractivity contribution in [2.45, 2.75) is 19.6 Å². The number of nitrogens with one attached hydrogen (secondary N) is 2. The van der Waals surface area contributed by atoms with Crippen molar-refractivity contribution in [1.82, 2.24) is 29.7 Å². The van der Waals surface area contributed by atoms with E-state index >= 15 is 0 Å². The number of aromatic nitrogens is 4. The lowest BCUT2D eigenvalue weighted by Gasteiger charge is -2.41. The molecule has 12 heteroatoms. The van der Waals surface area contributed by atoms with Crippen molar-refractivity contribution in [2.24, 2.45) is 5.41 Å². The number of likely N-dealkylation sites (N-methyl/N-ethyl adjacent to an activating group) is 1. The van der Waals surface area contributed by atoms with Crippen LogP contribution in [-0.4, -0.2) is 100 Å². The Hall–Kier alpha value is -3.45. The molecule has 1 aromatic carbocycles. The monoisotopic (exact) mass is 539 g/mol. The van der Waals surface area contributed by atoms with Crippen molar-refractivity contribution in [2.75, 3.05) is 64.9 Å². The molecule has 11 nitrogen and oxygen atoms in total. The van der Waals surface area contributed by atoms with Crippen molar-refractivity contribution in [3.63, 3.8) is 0 Å². The lowest BCUT2D eigenvalue weighted by atomic mass is 9.90. The lowest BCUT2D eigenvalue weighted by Crippen LogP contribution is -2.55. The summed E-state index contributed by atoms with van der Waals surface area (Å²) in [6, 6.07) is 7.79. The number of imidazole rings is 1. The molecule has 39 heavy (non-hydrogen) atoms. The molecule has 3 N–H and O–H groups in total. The van der Waals surface area contributed by atoms with Gasteiger partial charge in [-0.2, -0.15) is 0 Å². The zero-order valence-electron chi connectivity index (χ0n) is 22.2. The smallest absolute Gasteiger partial charge is 0.233 e. The summed E-state index contributed by atoms with van der Waals surface area (Å²) in [5.74, 6) is 0.512. The summed E-state index contributed by atoms with van der Waals surface area (Å²) in [6.45, 7) is 5.90. The lowest BCUT2D eigenvalue weighted by molar-refractivity contribution is -0.234. The highest BCUT2D eigenvalue weighted by molar-refractivity contribution is 5.83. The number of amides is 1. The fourth-order valence-corrected chi connectivity index (χ4v) is 4.65. The van der Waals surface area contributed by atoms with Gasteiger partial charge in [-0.25, -0.2) is 19.3 Å². The van der Waals surface area contributed by atoms with Crippen molar-refractivity contribution >= 4 is 11.9 Å². The molecule has 0 unspecified atom stereocenters. The highest BCUT2D eigenvalue weighted by Crippen LogP contribution is 2.36. The van der Waals surface area contributed by atoms with Gasteiger partial charge in [0.1, 0.15) is 5.82 Å². The van der Waals surface area contributed by atoms with Gasteiger partial charge in [0.2, 0.25) is 18.1 Å². The molecule has 2 aromatic heterocycles.